The van der Waals surface area contributed by atoms with Gasteiger partial charge in [0.25, 0.3) is 0 Å². The SMILES string of the molecule is O=C(CO)[C@@H](O)[13C@@H](O)[C@H](O)CO. The van der Waals surface area contributed by atoms with Gasteiger partial charge in [-0.2, -0.15) is 0 Å². The zero-order valence-electron chi connectivity index (χ0n) is 6.29. The number of Topliss-reactive ketones (excluding diaryl/α,β-unsaturated/α-hetero) is 1. The molecule has 5 N–H and O–H groups in total. The molecule has 6 nitrogen and oxygen atoms in total. The highest BCUT2D eigenvalue weighted by Gasteiger charge is 2.28. The van der Waals surface area contributed by atoms with Gasteiger partial charge in [-0.15, -0.1) is 0 Å². The Hall–Kier alpha value is -0.530. The Balaban J connectivity index is 4.08. The quantitative estimate of drug-likeness (QED) is 0.282. The lowest BCUT2D eigenvalue weighted by molar-refractivity contribution is -0.142. The Labute approximate surface area is 68.7 Å². The summed E-state index contributed by atoms with van der Waals surface area (Å²) in [7, 11) is 0. The monoisotopic (exact) mass is 181 g/mol. The highest BCUT2D eigenvalue weighted by Crippen LogP contribution is 2.00. The van der Waals surface area contributed by atoms with Gasteiger partial charge in [-0.25, -0.2) is 0 Å². The number of carbonyl (C=O) groups is 1. The number of hydrogen-bond acceptors (Lipinski definition) is 6. The fourth-order valence-electron chi connectivity index (χ4n) is 0.602. The molecule has 0 saturated heterocycles. The summed E-state index contributed by atoms with van der Waals surface area (Å²) >= 11 is 0. The minimum Gasteiger partial charge on any atom is -0.394 e. The lowest BCUT2D eigenvalue weighted by Crippen LogP contribution is -2.44. The molecule has 0 saturated carbocycles. The van der Waals surface area contributed by atoms with Crippen molar-refractivity contribution in [3.8, 4) is 0 Å². The molecule has 0 spiro atoms. The van der Waals surface area contributed by atoms with Gasteiger partial charge in [-0.3, -0.25) is 4.79 Å². The summed E-state index contributed by atoms with van der Waals surface area (Å²) in [6.45, 7) is -1.69. The van der Waals surface area contributed by atoms with Crippen LogP contribution in [0.5, 0.6) is 0 Å². The van der Waals surface area contributed by atoms with Crippen molar-refractivity contribution in [3.05, 3.63) is 0 Å². The van der Waals surface area contributed by atoms with E-state index in [1.807, 2.05) is 0 Å². The Kier molecular flexibility index (Phi) is 4.95. The first kappa shape index (κ1) is 11.5. The topological polar surface area (TPSA) is 118 Å². The maximum atomic E-state index is 10.5. The molecule has 0 aliphatic rings. The van der Waals surface area contributed by atoms with E-state index in [4.69, 9.17) is 25.5 Å². The summed E-state index contributed by atoms with van der Waals surface area (Å²) in [5, 5.41) is 43.1. The molecule has 6 heteroatoms. The molecular weight excluding hydrogens is 169 g/mol. The molecule has 0 rings (SSSR count). The van der Waals surface area contributed by atoms with Crippen molar-refractivity contribution in [2.75, 3.05) is 13.2 Å². The minimum atomic E-state index is -1.86. The molecule has 0 fully saturated rings. The van der Waals surface area contributed by atoms with Gasteiger partial charge in [0.1, 0.15) is 24.9 Å². The van der Waals surface area contributed by atoms with Crippen molar-refractivity contribution in [2.24, 2.45) is 0 Å². The summed E-state index contributed by atoms with van der Waals surface area (Å²) < 4.78 is 0. The second-order valence-corrected chi connectivity index (χ2v) is 2.31. The number of aliphatic hydroxyl groups excluding tert-OH is 5. The molecule has 0 heterocycles. The Bertz CT molecular complexity index is 147. The van der Waals surface area contributed by atoms with E-state index in [1.54, 1.807) is 0 Å². The average molecular weight is 181 g/mol. The predicted octanol–water partition coefficient (Wildman–Crippen LogP) is -3.38. The van der Waals surface area contributed by atoms with Crippen molar-refractivity contribution in [1.82, 2.24) is 0 Å². The Morgan fingerprint density at radius 3 is 2.00 bits per heavy atom. The van der Waals surface area contributed by atoms with Crippen LogP contribution in [0.4, 0.5) is 0 Å². The Morgan fingerprint density at radius 2 is 1.67 bits per heavy atom. The van der Waals surface area contributed by atoms with Crippen LogP contribution in [0.25, 0.3) is 0 Å². The first-order valence-electron chi connectivity index (χ1n) is 3.33. The van der Waals surface area contributed by atoms with Crippen molar-refractivity contribution < 1.29 is 30.3 Å². The summed E-state index contributed by atoms with van der Waals surface area (Å²) in [5.41, 5.74) is 0. The van der Waals surface area contributed by atoms with Gasteiger partial charge in [0.2, 0.25) is 0 Å². The van der Waals surface area contributed by atoms with Crippen LogP contribution < -0.4 is 0 Å². The first-order valence-corrected chi connectivity index (χ1v) is 3.33. The van der Waals surface area contributed by atoms with E-state index in [0.29, 0.717) is 0 Å². The number of aliphatic hydroxyl groups is 5. The van der Waals surface area contributed by atoms with Gasteiger partial charge in [-0.1, -0.05) is 0 Å². The van der Waals surface area contributed by atoms with E-state index in [0.717, 1.165) is 0 Å². The smallest absolute Gasteiger partial charge is 0.189 e. The zero-order valence-corrected chi connectivity index (χ0v) is 6.29. The van der Waals surface area contributed by atoms with Crippen LogP contribution in [0.2, 0.25) is 0 Å². The Morgan fingerprint density at radius 1 is 1.17 bits per heavy atom. The third-order valence-electron chi connectivity index (χ3n) is 1.39. The van der Waals surface area contributed by atoms with Crippen LogP contribution in [-0.4, -0.2) is 62.8 Å². The van der Waals surface area contributed by atoms with E-state index in [9.17, 15) is 4.79 Å². The molecule has 0 aromatic rings. The molecular formula is C6H12O6. The van der Waals surface area contributed by atoms with E-state index in [-0.39, 0.29) is 0 Å². The molecule has 3 atom stereocenters. The number of rotatable bonds is 5. The highest BCUT2D eigenvalue weighted by atomic mass is 16.4. The molecule has 72 valence electrons. The van der Waals surface area contributed by atoms with Crippen molar-refractivity contribution in [3.63, 3.8) is 0 Å². The normalized spacial score (nSPS) is 18.4. The molecule has 0 amide bonds. The van der Waals surface area contributed by atoms with Crippen molar-refractivity contribution in [2.45, 2.75) is 18.3 Å². The van der Waals surface area contributed by atoms with Gasteiger partial charge in [0.15, 0.2) is 5.78 Å². The van der Waals surface area contributed by atoms with Crippen molar-refractivity contribution >= 4 is 5.78 Å². The van der Waals surface area contributed by atoms with Crippen LogP contribution in [-0.2, 0) is 4.79 Å². The van der Waals surface area contributed by atoms with E-state index in [2.05, 4.69) is 0 Å². The lowest BCUT2D eigenvalue weighted by atomic mass is 10.2. The second kappa shape index (κ2) is 5.18. The van der Waals surface area contributed by atoms with Gasteiger partial charge in [-0.05, 0) is 0 Å². The minimum absolute atomic E-state index is 0.767. The summed E-state index contributed by atoms with van der Waals surface area (Å²) in [6, 6.07) is 0. The van der Waals surface area contributed by atoms with Gasteiger partial charge < -0.3 is 25.5 Å². The van der Waals surface area contributed by atoms with Crippen LogP contribution in [0, 0.1) is 0 Å². The van der Waals surface area contributed by atoms with Crippen LogP contribution in [0.1, 0.15) is 0 Å². The van der Waals surface area contributed by atoms with Crippen LogP contribution >= 0.6 is 0 Å². The summed E-state index contributed by atoms with van der Waals surface area (Å²) in [5.74, 6) is -1.00. The standard InChI is InChI=1S/C6H12O6/c7-1-3(9)5(11)6(12)4(10)2-8/h3,5-9,11-12H,1-2H2/t3-,5+,6-/m1/s1/i5+1. The molecule has 12 heavy (non-hydrogen) atoms. The number of hydrogen-bond donors (Lipinski definition) is 5. The highest BCUT2D eigenvalue weighted by molar-refractivity contribution is 5.84. The van der Waals surface area contributed by atoms with Crippen LogP contribution in [0.3, 0.4) is 0 Å². The molecule has 0 aromatic carbocycles. The first-order chi connectivity index (χ1) is 5.54. The molecule has 0 aliphatic heterocycles. The summed E-state index contributed by atoms with van der Waals surface area (Å²) in [4.78, 5) is 10.5. The molecule has 0 unspecified atom stereocenters. The zero-order chi connectivity index (χ0) is 9.72. The van der Waals surface area contributed by atoms with Gasteiger partial charge >= 0.3 is 0 Å². The molecule has 0 aromatic heterocycles. The average Bonchev–Trinajstić information content (AvgIpc) is 2.12. The van der Waals surface area contributed by atoms with Crippen molar-refractivity contribution in [1.29, 1.82) is 0 Å². The fourth-order valence-corrected chi connectivity index (χ4v) is 0.602. The van der Waals surface area contributed by atoms with Gasteiger partial charge in [0.05, 0.1) is 6.61 Å². The lowest BCUT2D eigenvalue weighted by Gasteiger charge is -2.19. The number of ketones is 1. The third kappa shape index (κ3) is 2.84. The fraction of sp³-hybridized carbons (Fsp3) is 0.833. The maximum absolute atomic E-state index is 10.5. The predicted molar refractivity (Wildman–Crippen MR) is 37.2 cm³/mol. The summed E-state index contributed by atoms with van der Waals surface area (Å²) in [6.07, 6.45) is -5.22. The molecule has 0 aliphatic carbocycles. The second-order valence-electron chi connectivity index (χ2n) is 2.31. The van der Waals surface area contributed by atoms with E-state index in [1.165, 1.54) is 0 Å². The molecule has 0 bridgehead atoms. The number of carbonyl (C=O) groups excluding carboxylic acids is 1. The third-order valence-corrected chi connectivity index (χ3v) is 1.39. The van der Waals surface area contributed by atoms with Crippen LogP contribution in [0.15, 0.2) is 0 Å². The van der Waals surface area contributed by atoms with E-state index >= 15 is 0 Å². The van der Waals surface area contributed by atoms with E-state index < -0.39 is 37.3 Å². The molecule has 0 radical (unpaired) electrons. The maximum Gasteiger partial charge on any atom is 0.189 e. The van der Waals surface area contributed by atoms with Gasteiger partial charge in [0, 0.05) is 0 Å². The largest absolute Gasteiger partial charge is 0.394 e.